The summed E-state index contributed by atoms with van der Waals surface area (Å²) in [6, 6.07) is 13.6. The van der Waals surface area contributed by atoms with Crippen LogP contribution in [0.5, 0.6) is 0 Å². The summed E-state index contributed by atoms with van der Waals surface area (Å²) in [7, 11) is 0. The number of nitrogens with one attached hydrogen (secondary N) is 1. The van der Waals surface area contributed by atoms with Crippen LogP contribution < -0.4 is 5.32 Å². The van der Waals surface area contributed by atoms with Gasteiger partial charge in [-0.25, -0.2) is 4.98 Å². The predicted molar refractivity (Wildman–Crippen MR) is 103 cm³/mol. The van der Waals surface area contributed by atoms with Crippen molar-refractivity contribution in [2.24, 2.45) is 0 Å². The highest BCUT2D eigenvalue weighted by Gasteiger charge is 2.11. The Hall–Kier alpha value is -2.71. The highest BCUT2D eigenvalue weighted by Crippen LogP contribution is 2.29. The van der Waals surface area contributed by atoms with Gasteiger partial charge in [0.1, 0.15) is 0 Å². The van der Waals surface area contributed by atoms with E-state index in [4.69, 9.17) is 4.42 Å². The van der Waals surface area contributed by atoms with Gasteiger partial charge in [0.2, 0.25) is 18.2 Å². The molecule has 1 amide bonds. The topological polar surface area (TPSA) is 80.9 Å². The molecular weight excluding hydrogens is 368 g/mol. The summed E-state index contributed by atoms with van der Waals surface area (Å²) >= 11 is 3.03. The molecule has 0 radical (unpaired) electrons. The molecule has 0 spiro atoms. The predicted octanol–water partition coefficient (Wildman–Crippen LogP) is 4.39. The van der Waals surface area contributed by atoms with Crippen LogP contribution in [0.1, 0.15) is 5.56 Å². The van der Waals surface area contributed by atoms with E-state index < -0.39 is 0 Å². The van der Waals surface area contributed by atoms with Crippen LogP contribution in [0.4, 0.5) is 5.69 Å². The number of thioether (sulfide) groups is 1. The highest BCUT2D eigenvalue weighted by molar-refractivity contribution is 8.01. The van der Waals surface area contributed by atoms with Crippen LogP contribution in [0.25, 0.3) is 21.7 Å². The smallest absolute Gasteiger partial charge is 0.247 e. The molecule has 4 rings (SSSR count). The number of aromatic nitrogens is 3. The average Bonchev–Trinajstić information content (AvgIpc) is 3.31. The van der Waals surface area contributed by atoms with Gasteiger partial charge in [-0.2, -0.15) is 0 Å². The first-order valence-corrected chi connectivity index (χ1v) is 9.65. The molecule has 0 fully saturated rings. The number of hydrogen-bond donors (Lipinski definition) is 1. The third kappa shape index (κ3) is 3.61. The van der Waals surface area contributed by atoms with Crippen LogP contribution in [0.15, 0.2) is 57.6 Å². The molecule has 4 aromatic rings. The van der Waals surface area contributed by atoms with Gasteiger partial charge in [0, 0.05) is 11.3 Å². The number of anilines is 1. The van der Waals surface area contributed by atoms with Crippen LogP contribution in [0, 0.1) is 6.92 Å². The molecule has 0 aliphatic carbocycles. The number of benzene rings is 2. The molecule has 0 saturated heterocycles. The summed E-state index contributed by atoms with van der Waals surface area (Å²) in [6.45, 7) is 1.94. The zero-order chi connectivity index (χ0) is 17.9. The van der Waals surface area contributed by atoms with Crippen molar-refractivity contribution < 1.29 is 9.21 Å². The fourth-order valence-electron chi connectivity index (χ4n) is 2.41. The fraction of sp³-hybridized carbons (Fsp3) is 0.111. The van der Waals surface area contributed by atoms with E-state index in [9.17, 15) is 4.79 Å². The second-order valence-electron chi connectivity index (χ2n) is 5.56. The number of para-hydroxylation sites is 1. The molecule has 2 aromatic heterocycles. The number of rotatable bonds is 5. The van der Waals surface area contributed by atoms with E-state index in [-0.39, 0.29) is 5.91 Å². The summed E-state index contributed by atoms with van der Waals surface area (Å²) in [5.41, 5.74) is 3.42. The molecule has 130 valence electrons. The summed E-state index contributed by atoms with van der Waals surface area (Å²) in [5.74, 6) is 0.633. The molecule has 0 atom stereocenters. The number of hydrogen-bond acceptors (Lipinski definition) is 7. The molecule has 1 N–H and O–H groups in total. The Morgan fingerprint density at radius 3 is 2.96 bits per heavy atom. The number of nitrogens with zero attached hydrogens (tertiary/aromatic N) is 3. The van der Waals surface area contributed by atoms with E-state index in [0.717, 1.165) is 31.4 Å². The Kier molecular flexibility index (Phi) is 4.68. The maximum absolute atomic E-state index is 12.3. The van der Waals surface area contributed by atoms with Crippen LogP contribution in [0.3, 0.4) is 0 Å². The maximum Gasteiger partial charge on any atom is 0.247 e. The second kappa shape index (κ2) is 7.27. The van der Waals surface area contributed by atoms with Gasteiger partial charge < -0.3 is 9.73 Å². The minimum atomic E-state index is -0.0833. The lowest BCUT2D eigenvalue weighted by atomic mass is 10.1. The van der Waals surface area contributed by atoms with Crippen molar-refractivity contribution in [1.29, 1.82) is 0 Å². The quantitative estimate of drug-likeness (QED) is 0.516. The van der Waals surface area contributed by atoms with E-state index >= 15 is 0 Å². The van der Waals surface area contributed by atoms with Crippen molar-refractivity contribution in [3.05, 3.63) is 54.4 Å². The third-order valence-corrected chi connectivity index (χ3v) is 5.90. The monoisotopic (exact) mass is 382 g/mol. The maximum atomic E-state index is 12.3. The largest absolute Gasteiger partial charge is 0.423 e. The zero-order valence-corrected chi connectivity index (χ0v) is 15.4. The number of carbonyl (C=O) groups excluding carboxylic acids is 1. The molecule has 26 heavy (non-hydrogen) atoms. The average molecular weight is 382 g/mol. The molecule has 0 bridgehead atoms. The van der Waals surface area contributed by atoms with E-state index in [2.05, 4.69) is 20.5 Å². The first-order valence-electron chi connectivity index (χ1n) is 7.84. The standard InChI is InChI=1S/C18H14N4O2S2/c1-11-6-7-12(17-22-19-10-24-17)8-14(11)20-16(23)9-25-18-21-13-4-2-3-5-15(13)26-18/h2-8,10H,9H2,1H3,(H,20,23). The number of thiazole rings is 1. The Balaban J connectivity index is 1.43. The Bertz CT molecular complexity index is 1030. The van der Waals surface area contributed by atoms with Gasteiger partial charge in [0.25, 0.3) is 0 Å². The van der Waals surface area contributed by atoms with E-state index in [0.29, 0.717) is 11.6 Å². The normalized spacial score (nSPS) is 11.0. The summed E-state index contributed by atoms with van der Waals surface area (Å²) in [5, 5.41) is 10.5. The number of carbonyl (C=O) groups is 1. The van der Waals surface area contributed by atoms with Gasteiger partial charge in [-0.05, 0) is 36.8 Å². The first kappa shape index (κ1) is 16.7. The SMILES string of the molecule is Cc1ccc(-c2nnco2)cc1NC(=O)CSc1nc2ccccc2s1. The van der Waals surface area contributed by atoms with Gasteiger partial charge in [0.05, 0.1) is 16.0 Å². The molecule has 2 aromatic carbocycles. The summed E-state index contributed by atoms with van der Waals surface area (Å²) in [4.78, 5) is 16.9. The Morgan fingerprint density at radius 2 is 2.15 bits per heavy atom. The zero-order valence-electron chi connectivity index (χ0n) is 13.8. The second-order valence-corrected chi connectivity index (χ2v) is 7.81. The minimum absolute atomic E-state index is 0.0833. The lowest BCUT2D eigenvalue weighted by molar-refractivity contribution is -0.113. The van der Waals surface area contributed by atoms with Crippen molar-refractivity contribution in [3.63, 3.8) is 0 Å². The third-order valence-electron chi connectivity index (χ3n) is 3.72. The Morgan fingerprint density at radius 1 is 1.27 bits per heavy atom. The number of fused-ring (bicyclic) bond motifs is 1. The van der Waals surface area contributed by atoms with E-state index in [1.54, 1.807) is 11.3 Å². The molecule has 0 unspecified atom stereocenters. The molecule has 8 heteroatoms. The Labute approximate surface area is 157 Å². The minimum Gasteiger partial charge on any atom is -0.423 e. The highest BCUT2D eigenvalue weighted by atomic mass is 32.2. The molecule has 0 aliphatic rings. The molecule has 2 heterocycles. The number of aryl methyl sites for hydroxylation is 1. The van der Waals surface area contributed by atoms with Gasteiger partial charge in [-0.1, -0.05) is 30.0 Å². The van der Waals surface area contributed by atoms with Gasteiger partial charge >= 0.3 is 0 Å². The van der Waals surface area contributed by atoms with Crippen LogP contribution in [-0.4, -0.2) is 26.8 Å². The summed E-state index contributed by atoms with van der Waals surface area (Å²) < 4.78 is 7.22. The molecule has 6 nitrogen and oxygen atoms in total. The van der Waals surface area contributed by atoms with Crippen molar-refractivity contribution in [2.45, 2.75) is 11.3 Å². The lowest BCUT2D eigenvalue weighted by Gasteiger charge is -2.09. The van der Waals surface area contributed by atoms with Gasteiger partial charge in [0.15, 0.2) is 4.34 Å². The van der Waals surface area contributed by atoms with Crippen LogP contribution in [0.2, 0.25) is 0 Å². The van der Waals surface area contributed by atoms with Crippen molar-refractivity contribution in [3.8, 4) is 11.5 Å². The van der Waals surface area contributed by atoms with Gasteiger partial charge in [-0.3, -0.25) is 4.79 Å². The van der Waals surface area contributed by atoms with Crippen LogP contribution in [-0.2, 0) is 4.79 Å². The number of amides is 1. The lowest BCUT2D eigenvalue weighted by Crippen LogP contribution is -2.14. The first-order chi connectivity index (χ1) is 12.7. The van der Waals surface area contributed by atoms with Crippen molar-refractivity contribution in [2.75, 3.05) is 11.1 Å². The van der Waals surface area contributed by atoms with Crippen molar-refractivity contribution >= 4 is 44.9 Å². The van der Waals surface area contributed by atoms with Gasteiger partial charge in [-0.15, -0.1) is 21.5 Å². The van der Waals surface area contributed by atoms with Crippen LogP contribution >= 0.6 is 23.1 Å². The fourth-order valence-corrected chi connectivity index (χ4v) is 4.28. The molecular formula is C18H14N4O2S2. The summed E-state index contributed by atoms with van der Waals surface area (Å²) in [6.07, 6.45) is 1.28. The van der Waals surface area contributed by atoms with E-state index in [1.165, 1.54) is 18.2 Å². The molecule has 0 saturated carbocycles. The molecule has 0 aliphatic heterocycles. The van der Waals surface area contributed by atoms with Crippen molar-refractivity contribution in [1.82, 2.24) is 15.2 Å². The van der Waals surface area contributed by atoms with E-state index in [1.807, 2.05) is 49.4 Å².